The van der Waals surface area contributed by atoms with E-state index in [4.69, 9.17) is 32.5 Å². The molecule has 4 atom stereocenters. The van der Waals surface area contributed by atoms with Crippen LogP contribution in [0.4, 0.5) is 5.95 Å². The molecule has 1 aliphatic rings. The zero-order chi connectivity index (χ0) is 18.5. The van der Waals surface area contributed by atoms with Crippen molar-refractivity contribution in [2.24, 2.45) is 7.05 Å². The molecule has 3 rings (SSSR count). The highest BCUT2D eigenvalue weighted by atomic mass is 32.1. The van der Waals surface area contributed by atoms with Crippen molar-refractivity contribution >= 4 is 37.2 Å². The topological polar surface area (TPSA) is 178 Å². The van der Waals surface area contributed by atoms with Gasteiger partial charge in [-0.2, -0.15) is 4.98 Å². The van der Waals surface area contributed by atoms with Crippen LogP contribution in [-0.4, -0.2) is 64.0 Å². The molecule has 14 heteroatoms. The lowest BCUT2D eigenvalue weighted by atomic mass is 10.1. The summed E-state index contributed by atoms with van der Waals surface area (Å²) in [5.74, 6) is 0.119. The quantitative estimate of drug-likeness (QED) is 0.311. The first-order valence-electron chi connectivity index (χ1n) is 7.01. The minimum absolute atomic E-state index is 0.119. The standard InChI is InChI=1S/C11H16N5O7PS/c1-15-10(25)5-8(14-11(15)12)16(3-13-5)9-7(18)6(17)4(23-9)2-22-24(19,20)21/h3-4,6-7,9,17-18H,2H2,1H3,(H2,12,14)(H2,19,20,21)/t4-,6+,7-,9-/m1/s1. The highest BCUT2D eigenvalue weighted by molar-refractivity contribution is 7.71. The van der Waals surface area contributed by atoms with E-state index in [1.54, 1.807) is 7.05 Å². The highest BCUT2D eigenvalue weighted by Gasteiger charge is 2.45. The van der Waals surface area contributed by atoms with Gasteiger partial charge in [-0.05, 0) is 0 Å². The maximum atomic E-state index is 10.8. The summed E-state index contributed by atoms with van der Waals surface area (Å²) in [7, 11) is -3.11. The molecule has 0 spiro atoms. The summed E-state index contributed by atoms with van der Waals surface area (Å²) in [6, 6.07) is 0. The Hall–Kier alpha value is -1.44. The van der Waals surface area contributed by atoms with Gasteiger partial charge in [0.1, 0.15) is 28.5 Å². The molecule has 0 amide bonds. The van der Waals surface area contributed by atoms with Crippen molar-refractivity contribution < 1.29 is 33.8 Å². The molecular formula is C11H16N5O7PS. The van der Waals surface area contributed by atoms with E-state index in [2.05, 4.69) is 14.5 Å². The summed E-state index contributed by atoms with van der Waals surface area (Å²) in [6.07, 6.45) is -3.80. The number of phosphoric ester groups is 1. The third-order valence-electron chi connectivity index (χ3n) is 3.86. The van der Waals surface area contributed by atoms with Crippen LogP contribution in [0.1, 0.15) is 6.23 Å². The van der Waals surface area contributed by atoms with Crippen LogP contribution in [0.2, 0.25) is 0 Å². The number of rotatable bonds is 4. The van der Waals surface area contributed by atoms with E-state index in [0.717, 1.165) is 0 Å². The molecule has 12 nitrogen and oxygen atoms in total. The lowest BCUT2D eigenvalue weighted by Crippen LogP contribution is -2.33. The van der Waals surface area contributed by atoms with Crippen molar-refractivity contribution in [3.8, 4) is 0 Å². The summed E-state index contributed by atoms with van der Waals surface area (Å²) >= 11 is 5.24. The monoisotopic (exact) mass is 393 g/mol. The van der Waals surface area contributed by atoms with E-state index in [1.165, 1.54) is 15.5 Å². The molecule has 0 bridgehead atoms. The average Bonchev–Trinajstić information content (AvgIpc) is 3.05. The Morgan fingerprint density at radius 1 is 1.44 bits per heavy atom. The Bertz CT molecular complexity index is 910. The van der Waals surface area contributed by atoms with E-state index < -0.39 is 39.0 Å². The van der Waals surface area contributed by atoms with Gasteiger partial charge in [-0.15, -0.1) is 0 Å². The van der Waals surface area contributed by atoms with Crippen LogP contribution in [0.25, 0.3) is 11.2 Å². The predicted molar refractivity (Wildman–Crippen MR) is 85.7 cm³/mol. The molecule has 3 heterocycles. The first-order valence-corrected chi connectivity index (χ1v) is 8.94. The second kappa shape index (κ2) is 6.37. The molecule has 0 saturated carbocycles. The molecule has 0 unspecified atom stereocenters. The molecule has 2 aromatic heterocycles. The highest BCUT2D eigenvalue weighted by Crippen LogP contribution is 2.38. The number of nitrogens with two attached hydrogens (primary N) is 1. The van der Waals surface area contributed by atoms with Crippen molar-refractivity contribution in [2.75, 3.05) is 12.3 Å². The zero-order valence-corrected chi connectivity index (χ0v) is 14.5. The Kier molecular flexibility index (Phi) is 4.68. The summed E-state index contributed by atoms with van der Waals surface area (Å²) < 4.78 is 23.7. The van der Waals surface area contributed by atoms with Crippen molar-refractivity contribution in [3.63, 3.8) is 0 Å². The Labute approximate surface area is 145 Å². The number of imidazole rings is 1. The van der Waals surface area contributed by atoms with Crippen molar-refractivity contribution in [1.82, 2.24) is 19.1 Å². The molecule has 0 radical (unpaired) electrons. The van der Waals surface area contributed by atoms with Gasteiger partial charge in [-0.3, -0.25) is 9.09 Å². The number of phosphoric acid groups is 1. The first kappa shape index (κ1) is 18.4. The Balaban J connectivity index is 1.93. The number of hydrogen-bond acceptors (Lipinski definition) is 9. The van der Waals surface area contributed by atoms with Gasteiger partial charge in [0.25, 0.3) is 0 Å². The molecule has 138 valence electrons. The van der Waals surface area contributed by atoms with Crippen LogP contribution in [0.5, 0.6) is 0 Å². The van der Waals surface area contributed by atoms with Crippen LogP contribution >= 0.6 is 20.0 Å². The summed E-state index contributed by atoms with van der Waals surface area (Å²) in [5.41, 5.74) is 6.38. The van der Waals surface area contributed by atoms with E-state index in [-0.39, 0.29) is 11.6 Å². The second-order valence-electron chi connectivity index (χ2n) is 5.49. The van der Waals surface area contributed by atoms with Crippen LogP contribution in [0.3, 0.4) is 0 Å². The fraction of sp³-hybridized carbons (Fsp3) is 0.545. The van der Waals surface area contributed by atoms with Crippen LogP contribution in [-0.2, 0) is 20.9 Å². The molecule has 1 saturated heterocycles. The number of ether oxygens (including phenoxy) is 1. The Morgan fingerprint density at radius 3 is 2.76 bits per heavy atom. The van der Waals surface area contributed by atoms with Gasteiger partial charge in [0, 0.05) is 7.05 Å². The molecule has 1 aliphatic heterocycles. The SMILES string of the molecule is Cn1c(N)nc2c(ncn2[C@@H]2O[C@H](COP(=O)(O)O)[C@H](O)[C@H]2O)c1=S. The molecule has 0 aliphatic carbocycles. The first-order chi connectivity index (χ1) is 11.6. The number of anilines is 1. The second-order valence-corrected chi connectivity index (χ2v) is 7.12. The maximum absolute atomic E-state index is 10.8. The van der Waals surface area contributed by atoms with Gasteiger partial charge in [-0.1, -0.05) is 12.2 Å². The summed E-state index contributed by atoms with van der Waals surface area (Å²) in [4.78, 5) is 25.8. The smallest absolute Gasteiger partial charge is 0.387 e. The number of aromatic nitrogens is 4. The predicted octanol–water partition coefficient (Wildman–Crippen LogP) is -1.19. The lowest BCUT2D eigenvalue weighted by molar-refractivity contribution is -0.0503. The molecule has 2 aromatic rings. The average molecular weight is 393 g/mol. The van der Waals surface area contributed by atoms with Gasteiger partial charge in [0.05, 0.1) is 12.9 Å². The van der Waals surface area contributed by atoms with E-state index in [9.17, 15) is 14.8 Å². The fourth-order valence-corrected chi connectivity index (χ4v) is 3.09. The summed E-state index contributed by atoms with van der Waals surface area (Å²) in [6.45, 7) is -0.609. The van der Waals surface area contributed by atoms with E-state index in [1.807, 2.05) is 0 Å². The molecule has 1 fully saturated rings. The van der Waals surface area contributed by atoms with Gasteiger partial charge < -0.3 is 35.0 Å². The number of nitrogens with zero attached hydrogens (tertiary/aromatic N) is 4. The number of hydrogen-bond donors (Lipinski definition) is 5. The molecular weight excluding hydrogens is 377 g/mol. The summed E-state index contributed by atoms with van der Waals surface area (Å²) in [5, 5.41) is 20.3. The zero-order valence-electron chi connectivity index (χ0n) is 12.8. The molecule has 6 N–H and O–H groups in total. The van der Waals surface area contributed by atoms with E-state index in [0.29, 0.717) is 10.2 Å². The van der Waals surface area contributed by atoms with Gasteiger partial charge in [0.2, 0.25) is 5.95 Å². The Morgan fingerprint density at radius 2 is 2.12 bits per heavy atom. The largest absolute Gasteiger partial charge is 0.469 e. The van der Waals surface area contributed by atoms with Crippen LogP contribution < -0.4 is 5.73 Å². The van der Waals surface area contributed by atoms with Gasteiger partial charge in [0.15, 0.2) is 11.9 Å². The lowest BCUT2D eigenvalue weighted by Gasteiger charge is -2.17. The van der Waals surface area contributed by atoms with E-state index >= 15 is 0 Å². The van der Waals surface area contributed by atoms with Gasteiger partial charge >= 0.3 is 7.82 Å². The number of nitrogen functional groups attached to an aromatic ring is 1. The minimum Gasteiger partial charge on any atom is -0.387 e. The van der Waals surface area contributed by atoms with Crippen molar-refractivity contribution in [2.45, 2.75) is 24.5 Å². The number of fused-ring (bicyclic) bond motifs is 1. The minimum atomic E-state index is -4.74. The maximum Gasteiger partial charge on any atom is 0.469 e. The van der Waals surface area contributed by atoms with Gasteiger partial charge in [-0.25, -0.2) is 9.55 Å². The molecule has 25 heavy (non-hydrogen) atoms. The third kappa shape index (κ3) is 3.32. The van der Waals surface area contributed by atoms with Crippen molar-refractivity contribution in [3.05, 3.63) is 11.0 Å². The number of aliphatic hydroxyl groups excluding tert-OH is 2. The van der Waals surface area contributed by atoms with Crippen molar-refractivity contribution in [1.29, 1.82) is 0 Å². The van der Waals surface area contributed by atoms with Crippen LogP contribution in [0, 0.1) is 4.64 Å². The normalized spacial score (nSPS) is 27.2. The molecule has 0 aromatic carbocycles. The third-order valence-corrected chi connectivity index (χ3v) is 4.81. The van der Waals surface area contributed by atoms with Crippen LogP contribution in [0.15, 0.2) is 6.33 Å². The fourth-order valence-electron chi connectivity index (χ4n) is 2.52. The number of aliphatic hydroxyl groups is 2.